The van der Waals surface area contributed by atoms with Crippen LogP contribution in [0.2, 0.25) is 0 Å². The van der Waals surface area contributed by atoms with Gasteiger partial charge in [-0.25, -0.2) is 5.43 Å². The lowest BCUT2D eigenvalue weighted by atomic mass is 10.2. The molecule has 0 aliphatic rings. The van der Waals surface area contributed by atoms with Crippen LogP contribution in [-0.2, 0) is 0 Å². The third-order valence-electron chi connectivity index (χ3n) is 2.80. The van der Waals surface area contributed by atoms with Crippen molar-refractivity contribution < 1.29 is 14.6 Å². The van der Waals surface area contributed by atoms with Crippen LogP contribution < -0.4 is 5.43 Å². The van der Waals surface area contributed by atoms with Crippen LogP contribution in [0.4, 0.5) is 11.4 Å². The molecular weight excluding hydrogens is 324 g/mol. The lowest BCUT2D eigenvalue weighted by Crippen LogP contribution is -2.19. The second kappa shape index (κ2) is 6.75. The number of thiophene rings is 1. The number of rotatable bonds is 5. The van der Waals surface area contributed by atoms with E-state index in [2.05, 4.69) is 10.5 Å². The molecule has 1 N–H and O–H groups in total. The van der Waals surface area contributed by atoms with Gasteiger partial charge in [0.15, 0.2) is 0 Å². The van der Waals surface area contributed by atoms with E-state index in [0.717, 1.165) is 17.4 Å². The van der Waals surface area contributed by atoms with Gasteiger partial charge in [-0.05, 0) is 13.0 Å². The average Bonchev–Trinajstić information content (AvgIpc) is 3.02. The molecule has 118 valence electrons. The summed E-state index contributed by atoms with van der Waals surface area (Å²) in [7, 11) is 0. The van der Waals surface area contributed by atoms with E-state index in [1.54, 1.807) is 6.92 Å². The number of non-ortho nitro benzene ring substituents is 1. The number of hydrogen-bond acceptors (Lipinski definition) is 7. The highest BCUT2D eigenvalue weighted by Crippen LogP contribution is 2.21. The van der Waals surface area contributed by atoms with Gasteiger partial charge in [0.05, 0.1) is 25.8 Å². The van der Waals surface area contributed by atoms with Crippen LogP contribution in [0.1, 0.15) is 22.2 Å². The summed E-state index contributed by atoms with van der Waals surface area (Å²) in [6, 6.07) is 6.57. The lowest BCUT2D eigenvalue weighted by molar-refractivity contribution is -0.384. The summed E-state index contributed by atoms with van der Waals surface area (Å²) in [5.41, 5.74) is 2.49. The SMILES string of the molecule is C/C(=N\NC(=O)c1cccc([N+](=O)[O-])c1)c1cc([N+](=O)[O-])cs1. The number of nitrogens with zero attached hydrogens (tertiary/aromatic N) is 3. The minimum absolute atomic E-state index is 0.0513. The summed E-state index contributed by atoms with van der Waals surface area (Å²) in [5.74, 6) is -0.612. The van der Waals surface area contributed by atoms with E-state index in [1.165, 1.54) is 29.6 Å². The van der Waals surface area contributed by atoms with Gasteiger partial charge in [0.1, 0.15) is 0 Å². The lowest BCUT2D eigenvalue weighted by Gasteiger charge is -2.01. The number of hydrogen-bond donors (Lipinski definition) is 1. The highest BCUT2D eigenvalue weighted by molar-refractivity contribution is 7.12. The first-order chi connectivity index (χ1) is 10.9. The number of benzene rings is 1. The van der Waals surface area contributed by atoms with Crippen molar-refractivity contribution in [2.75, 3.05) is 0 Å². The first kappa shape index (κ1) is 16.2. The van der Waals surface area contributed by atoms with Gasteiger partial charge in [-0.3, -0.25) is 25.0 Å². The van der Waals surface area contributed by atoms with Gasteiger partial charge in [-0.15, -0.1) is 11.3 Å². The fourth-order valence-corrected chi connectivity index (χ4v) is 2.43. The number of carbonyl (C=O) groups excluding carboxylic acids is 1. The van der Waals surface area contributed by atoms with Crippen molar-refractivity contribution in [1.29, 1.82) is 0 Å². The van der Waals surface area contributed by atoms with E-state index >= 15 is 0 Å². The summed E-state index contributed by atoms with van der Waals surface area (Å²) in [4.78, 5) is 32.6. The fraction of sp³-hybridized carbons (Fsp3) is 0.0769. The van der Waals surface area contributed by atoms with Crippen molar-refractivity contribution in [2.45, 2.75) is 6.92 Å². The standard InChI is InChI=1S/C13H10N4O5S/c1-8(12-6-11(7-23-12)17(21)22)14-15-13(18)9-3-2-4-10(5-9)16(19)20/h2-7H,1H3,(H,15,18)/b14-8+. The molecule has 2 rings (SSSR count). The average molecular weight is 334 g/mol. The number of nitro groups is 2. The summed E-state index contributed by atoms with van der Waals surface area (Å²) in [6.07, 6.45) is 0. The summed E-state index contributed by atoms with van der Waals surface area (Å²) < 4.78 is 0. The molecule has 1 aromatic heterocycles. The van der Waals surface area contributed by atoms with Crippen LogP contribution in [0.25, 0.3) is 0 Å². The first-order valence-electron chi connectivity index (χ1n) is 6.21. The van der Waals surface area contributed by atoms with Gasteiger partial charge in [0, 0.05) is 23.8 Å². The Morgan fingerprint density at radius 1 is 1.17 bits per heavy atom. The molecular formula is C13H10N4O5S. The third-order valence-corrected chi connectivity index (χ3v) is 3.82. The summed E-state index contributed by atoms with van der Waals surface area (Å²) in [5, 5.41) is 26.5. The molecule has 0 aliphatic heterocycles. The topological polar surface area (TPSA) is 128 Å². The molecule has 0 atom stereocenters. The van der Waals surface area contributed by atoms with E-state index in [0.29, 0.717) is 10.6 Å². The Labute approximate surface area is 133 Å². The van der Waals surface area contributed by atoms with Crippen LogP contribution in [0.3, 0.4) is 0 Å². The molecule has 1 heterocycles. The maximum Gasteiger partial charge on any atom is 0.280 e. The van der Waals surface area contributed by atoms with Crippen LogP contribution >= 0.6 is 11.3 Å². The molecule has 0 fully saturated rings. The molecule has 0 bridgehead atoms. The fourth-order valence-electron chi connectivity index (χ4n) is 1.63. The largest absolute Gasteiger partial charge is 0.280 e. The Hall–Kier alpha value is -3.14. The molecule has 0 aliphatic carbocycles. The van der Waals surface area contributed by atoms with E-state index in [-0.39, 0.29) is 16.9 Å². The van der Waals surface area contributed by atoms with E-state index in [9.17, 15) is 25.0 Å². The molecule has 10 heteroatoms. The van der Waals surface area contributed by atoms with Crippen molar-refractivity contribution in [3.63, 3.8) is 0 Å². The number of nitro benzene ring substituents is 1. The van der Waals surface area contributed by atoms with E-state index in [4.69, 9.17) is 0 Å². The smallest absolute Gasteiger partial charge is 0.267 e. The highest BCUT2D eigenvalue weighted by atomic mass is 32.1. The van der Waals surface area contributed by atoms with E-state index in [1.807, 2.05) is 0 Å². The zero-order valence-corrected chi connectivity index (χ0v) is 12.6. The van der Waals surface area contributed by atoms with Gasteiger partial charge in [-0.2, -0.15) is 5.10 Å². The van der Waals surface area contributed by atoms with Crippen LogP contribution in [-0.4, -0.2) is 21.5 Å². The molecule has 1 aromatic carbocycles. The Balaban J connectivity index is 2.11. The van der Waals surface area contributed by atoms with Crippen LogP contribution in [0, 0.1) is 20.2 Å². The molecule has 0 saturated carbocycles. The first-order valence-corrected chi connectivity index (χ1v) is 7.09. The number of carbonyl (C=O) groups is 1. The third kappa shape index (κ3) is 3.95. The Morgan fingerprint density at radius 2 is 1.87 bits per heavy atom. The molecule has 0 radical (unpaired) electrons. The minimum Gasteiger partial charge on any atom is -0.267 e. The van der Waals surface area contributed by atoms with Gasteiger partial charge in [0.2, 0.25) is 0 Å². The van der Waals surface area contributed by atoms with Crippen LogP contribution in [0.5, 0.6) is 0 Å². The maximum absolute atomic E-state index is 11.9. The molecule has 0 unspecified atom stereocenters. The van der Waals surface area contributed by atoms with Crippen molar-refractivity contribution >= 4 is 34.3 Å². The highest BCUT2D eigenvalue weighted by Gasteiger charge is 2.13. The van der Waals surface area contributed by atoms with Crippen molar-refractivity contribution in [3.05, 3.63) is 66.4 Å². The van der Waals surface area contributed by atoms with Crippen LogP contribution in [0.15, 0.2) is 40.8 Å². The number of amides is 1. The Bertz CT molecular complexity index is 814. The molecule has 0 saturated heterocycles. The van der Waals surface area contributed by atoms with Gasteiger partial charge in [-0.1, -0.05) is 6.07 Å². The minimum atomic E-state index is -0.612. The zero-order valence-electron chi connectivity index (χ0n) is 11.8. The van der Waals surface area contributed by atoms with E-state index < -0.39 is 15.8 Å². The number of hydrazone groups is 1. The number of nitrogens with one attached hydrogen (secondary N) is 1. The van der Waals surface area contributed by atoms with Gasteiger partial charge in [0.25, 0.3) is 17.3 Å². The Morgan fingerprint density at radius 3 is 2.48 bits per heavy atom. The van der Waals surface area contributed by atoms with Crippen molar-refractivity contribution in [2.24, 2.45) is 5.10 Å². The van der Waals surface area contributed by atoms with Gasteiger partial charge < -0.3 is 0 Å². The molecule has 23 heavy (non-hydrogen) atoms. The normalized spacial score (nSPS) is 11.1. The molecule has 1 amide bonds. The molecule has 9 nitrogen and oxygen atoms in total. The second-order valence-electron chi connectivity index (χ2n) is 4.37. The molecule has 2 aromatic rings. The second-order valence-corrected chi connectivity index (χ2v) is 5.28. The maximum atomic E-state index is 11.9. The van der Waals surface area contributed by atoms with Gasteiger partial charge >= 0.3 is 0 Å². The van der Waals surface area contributed by atoms with Crippen molar-refractivity contribution in [1.82, 2.24) is 5.43 Å². The monoisotopic (exact) mass is 334 g/mol. The zero-order chi connectivity index (χ0) is 17.0. The summed E-state index contributed by atoms with van der Waals surface area (Å²) >= 11 is 1.13. The Kier molecular flexibility index (Phi) is 4.76. The predicted molar refractivity (Wildman–Crippen MR) is 83.7 cm³/mol. The van der Waals surface area contributed by atoms with Crippen molar-refractivity contribution in [3.8, 4) is 0 Å². The summed E-state index contributed by atoms with van der Waals surface area (Å²) in [6.45, 7) is 1.59. The quantitative estimate of drug-likeness (QED) is 0.511. The molecule has 0 spiro atoms. The predicted octanol–water partition coefficient (Wildman–Crippen LogP) is 2.72.